The van der Waals surface area contributed by atoms with E-state index in [0.717, 1.165) is 29.4 Å². The number of rotatable bonds is 5. The second kappa shape index (κ2) is 7.57. The summed E-state index contributed by atoms with van der Waals surface area (Å²) in [6.07, 6.45) is 3.54. The molecule has 1 rings (SSSR count). The summed E-state index contributed by atoms with van der Waals surface area (Å²) in [5.74, 6) is 2.32. The molecule has 3 N–H and O–H groups in total. The van der Waals surface area contributed by atoms with Crippen molar-refractivity contribution in [2.24, 2.45) is 4.99 Å². The van der Waals surface area contributed by atoms with Crippen molar-refractivity contribution < 1.29 is 0 Å². The molecule has 0 unspecified atom stereocenters. The molecule has 6 nitrogen and oxygen atoms in total. The molecule has 17 heavy (non-hydrogen) atoms. The van der Waals surface area contributed by atoms with Crippen LogP contribution in [0.25, 0.3) is 0 Å². The molecule has 7 heteroatoms. The van der Waals surface area contributed by atoms with Crippen molar-refractivity contribution in [1.82, 2.24) is 20.6 Å². The lowest BCUT2D eigenvalue weighted by molar-refractivity contribution is 0.930. The smallest absolute Gasteiger partial charge is 0.204 e. The molecule has 0 aliphatic rings. The van der Waals surface area contributed by atoms with Gasteiger partial charge in [-0.2, -0.15) is 17.0 Å². The van der Waals surface area contributed by atoms with E-state index in [1.54, 1.807) is 25.1 Å². The normalized spacial score (nSPS) is 11.0. The molecule has 0 aromatic carbocycles. The van der Waals surface area contributed by atoms with Crippen LogP contribution in [0.15, 0.2) is 11.3 Å². The first kappa shape index (κ1) is 13.4. The van der Waals surface area contributed by atoms with Crippen molar-refractivity contribution in [3.63, 3.8) is 0 Å². The minimum atomic E-state index is 0.504. The van der Waals surface area contributed by atoms with Crippen LogP contribution in [0.4, 0.5) is 0 Å². The van der Waals surface area contributed by atoms with Crippen LogP contribution in [0.1, 0.15) is 11.4 Å². The van der Waals surface area contributed by atoms with Gasteiger partial charge in [0.05, 0.1) is 12.0 Å². The molecule has 0 saturated heterocycles. The lowest BCUT2D eigenvalue weighted by Crippen LogP contribution is -2.35. The Kier molecular flexibility index (Phi) is 5.96. The highest BCUT2D eigenvalue weighted by atomic mass is 32.2. The van der Waals surface area contributed by atoms with Gasteiger partial charge >= 0.3 is 0 Å². The van der Waals surface area contributed by atoms with E-state index in [1.807, 2.05) is 13.1 Å². The minimum Gasteiger partial charge on any atom is -0.355 e. The fraction of sp³-hybridized carbons (Fsp3) is 0.500. The number of imidazole rings is 1. The first-order valence-electron chi connectivity index (χ1n) is 5.20. The number of aliphatic imine (C=N–C) groups is 1. The number of H-pyrrole nitrogens is 1. The lowest BCUT2D eigenvalue weighted by Gasteiger charge is -2.06. The number of hydrogen-bond donors (Lipinski definition) is 3. The van der Waals surface area contributed by atoms with E-state index in [0.29, 0.717) is 5.96 Å². The minimum absolute atomic E-state index is 0.504. The van der Waals surface area contributed by atoms with Crippen LogP contribution < -0.4 is 10.6 Å². The van der Waals surface area contributed by atoms with E-state index in [2.05, 4.69) is 25.6 Å². The molecule has 0 spiro atoms. The number of guanidine groups is 1. The second-order valence-corrected chi connectivity index (χ2v) is 4.37. The Morgan fingerprint density at radius 1 is 1.71 bits per heavy atom. The summed E-state index contributed by atoms with van der Waals surface area (Å²) in [5, 5.41) is 13.9. The quantitative estimate of drug-likeness (QED) is 0.179. The molecule has 0 radical (unpaired) electrons. The summed E-state index contributed by atoms with van der Waals surface area (Å²) in [6, 6.07) is 0. The van der Waals surface area contributed by atoms with Crippen LogP contribution in [0.3, 0.4) is 0 Å². The molecule has 1 heterocycles. The molecular formula is C10H16N6S. The maximum atomic E-state index is 8.43. The molecule has 1 aromatic heterocycles. The molecule has 0 saturated carbocycles. The summed E-state index contributed by atoms with van der Waals surface area (Å²) >= 11 is 1.79. The fourth-order valence-corrected chi connectivity index (χ4v) is 2.05. The predicted octanol–water partition coefficient (Wildman–Crippen LogP) is 0.597. The molecule has 0 atom stereocenters. The zero-order valence-corrected chi connectivity index (χ0v) is 10.8. The van der Waals surface area contributed by atoms with E-state index in [1.165, 1.54) is 0 Å². The average Bonchev–Trinajstić information content (AvgIpc) is 2.73. The standard InChI is InChI=1S/C10H16N6S/c1-8-9(16-7-15-8)5-17-4-3-13-10(12-2)14-6-11/h7H,3-5H2,1-2H3,(H,15,16)(H2,12,13,14)/i2+1,7+1. The van der Waals surface area contributed by atoms with Gasteiger partial charge in [-0.05, 0) is 6.92 Å². The van der Waals surface area contributed by atoms with Crippen molar-refractivity contribution >= 4 is 17.7 Å². The van der Waals surface area contributed by atoms with E-state index < -0.39 is 0 Å². The molecule has 0 aliphatic heterocycles. The number of nitrogens with zero attached hydrogens (tertiary/aromatic N) is 3. The van der Waals surface area contributed by atoms with Gasteiger partial charge in [0, 0.05) is 30.8 Å². The van der Waals surface area contributed by atoms with Gasteiger partial charge in [0.25, 0.3) is 0 Å². The number of nitrogens with one attached hydrogen (secondary N) is 3. The zero-order valence-electron chi connectivity index (χ0n) is 9.95. The number of hydrogen-bond acceptors (Lipinski definition) is 4. The van der Waals surface area contributed by atoms with E-state index in [4.69, 9.17) is 5.26 Å². The van der Waals surface area contributed by atoms with Gasteiger partial charge < -0.3 is 10.3 Å². The highest BCUT2D eigenvalue weighted by Gasteiger charge is 2.00. The van der Waals surface area contributed by atoms with Crippen molar-refractivity contribution in [2.45, 2.75) is 12.7 Å². The lowest BCUT2D eigenvalue weighted by atomic mass is 10.4. The number of thioether (sulfide) groups is 1. The maximum Gasteiger partial charge on any atom is 0.204 e. The van der Waals surface area contributed by atoms with Crippen LogP contribution in [-0.2, 0) is 5.75 Å². The molecule has 1 aromatic rings. The van der Waals surface area contributed by atoms with Gasteiger partial charge in [0.2, 0.25) is 5.96 Å². The predicted molar refractivity (Wildman–Crippen MR) is 69.6 cm³/mol. The summed E-state index contributed by atoms with van der Waals surface area (Å²) in [6.45, 7) is 2.77. The molecule has 0 aliphatic carbocycles. The highest BCUT2D eigenvalue weighted by Crippen LogP contribution is 2.11. The van der Waals surface area contributed by atoms with Crippen LogP contribution >= 0.6 is 11.8 Å². The topological polar surface area (TPSA) is 88.9 Å². The van der Waals surface area contributed by atoms with Gasteiger partial charge in [-0.15, -0.1) is 0 Å². The van der Waals surface area contributed by atoms with Crippen molar-refractivity contribution in [1.29, 1.82) is 5.26 Å². The molecule has 0 amide bonds. The van der Waals surface area contributed by atoms with Crippen molar-refractivity contribution in [3.8, 4) is 6.19 Å². The zero-order chi connectivity index (χ0) is 12.5. The number of nitriles is 1. The second-order valence-electron chi connectivity index (χ2n) is 3.26. The Morgan fingerprint density at radius 3 is 3.12 bits per heavy atom. The molecule has 92 valence electrons. The van der Waals surface area contributed by atoms with Gasteiger partial charge in [0.1, 0.15) is 0 Å². The van der Waals surface area contributed by atoms with E-state index in [9.17, 15) is 0 Å². The Morgan fingerprint density at radius 2 is 2.53 bits per heavy atom. The van der Waals surface area contributed by atoms with Crippen LogP contribution in [0.2, 0.25) is 0 Å². The Labute approximate surface area is 105 Å². The number of aryl methyl sites for hydroxylation is 1. The van der Waals surface area contributed by atoms with Crippen molar-refractivity contribution in [3.05, 3.63) is 17.7 Å². The van der Waals surface area contributed by atoms with Crippen LogP contribution in [0.5, 0.6) is 0 Å². The largest absolute Gasteiger partial charge is 0.355 e. The SMILES string of the molecule is Cc1[nH][13cH]nc1CSCCNC(=N[13CH3])NC#N. The summed E-state index contributed by atoms with van der Waals surface area (Å²) < 4.78 is 0. The average molecular weight is 254 g/mol. The Hall–Kier alpha value is -1.68. The van der Waals surface area contributed by atoms with E-state index in [-0.39, 0.29) is 0 Å². The van der Waals surface area contributed by atoms with Crippen LogP contribution in [0, 0.1) is 18.4 Å². The molecule has 0 bridgehead atoms. The third-order valence-corrected chi connectivity index (χ3v) is 3.08. The van der Waals surface area contributed by atoms with Gasteiger partial charge in [0.15, 0.2) is 6.19 Å². The third-order valence-electron chi connectivity index (χ3n) is 2.11. The van der Waals surface area contributed by atoms with Crippen molar-refractivity contribution in [2.75, 3.05) is 19.3 Å². The summed E-state index contributed by atoms with van der Waals surface area (Å²) in [4.78, 5) is 11.2. The van der Waals surface area contributed by atoms with Gasteiger partial charge in [-0.3, -0.25) is 10.3 Å². The monoisotopic (exact) mass is 254 g/mol. The molecule has 0 fully saturated rings. The van der Waals surface area contributed by atoms with Gasteiger partial charge in [-0.25, -0.2) is 4.98 Å². The van der Waals surface area contributed by atoms with Crippen LogP contribution in [-0.4, -0.2) is 35.3 Å². The summed E-state index contributed by atoms with van der Waals surface area (Å²) in [5.41, 5.74) is 2.21. The number of aromatic amines is 1. The van der Waals surface area contributed by atoms with E-state index >= 15 is 0 Å². The fourth-order valence-electron chi connectivity index (χ4n) is 1.18. The first-order valence-corrected chi connectivity index (χ1v) is 6.35. The third kappa shape index (κ3) is 4.78. The summed E-state index contributed by atoms with van der Waals surface area (Å²) in [7, 11) is 1.63. The molecular weight excluding hydrogens is 238 g/mol. The number of aromatic nitrogens is 2. The Balaban J connectivity index is 2.13. The first-order chi connectivity index (χ1) is 8.27. The van der Waals surface area contributed by atoms with Gasteiger partial charge in [-0.1, -0.05) is 0 Å². The highest BCUT2D eigenvalue weighted by molar-refractivity contribution is 7.98. The Bertz CT molecular complexity index is 405. The maximum absolute atomic E-state index is 8.43.